The van der Waals surface area contributed by atoms with E-state index >= 15 is 0 Å². The number of carboxylic acid groups (broad SMARTS) is 1. The molecule has 1 aliphatic carbocycles. The van der Waals surface area contributed by atoms with Gasteiger partial charge in [-0.25, -0.2) is 9.79 Å². The van der Waals surface area contributed by atoms with Crippen molar-refractivity contribution in [3.8, 4) is 0 Å². The molecular weight excluding hydrogens is 234 g/mol. The van der Waals surface area contributed by atoms with Gasteiger partial charge in [0.15, 0.2) is 11.2 Å². The van der Waals surface area contributed by atoms with Crippen LogP contribution in [0.4, 0.5) is 0 Å². The fourth-order valence-electron chi connectivity index (χ4n) is 1.43. The Kier molecular flexibility index (Phi) is 2.77. The predicted molar refractivity (Wildman–Crippen MR) is 58.1 cm³/mol. The highest BCUT2D eigenvalue weighted by atomic mass is 35.5. The average Bonchev–Trinajstić information content (AvgIpc) is 2.98. The highest BCUT2D eigenvalue weighted by Crippen LogP contribution is 2.35. The number of aliphatic imine (C=N–C) groups is 1. The predicted octanol–water partition coefficient (Wildman–Crippen LogP) is -0.407. The zero-order valence-electron chi connectivity index (χ0n) is 8.40. The fourth-order valence-corrected chi connectivity index (χ4v) is 1.70. The van der Waals surface area contributed by atoms with Gasteiger partial charge in [0.05, 0.1) is 18.3 Å². The number of alkyl halides is 1. The molecule has 0 amide bonds. The Labute approximate surface area is 97.0 Å². The molecule has 88 valence electrons. The molecule has 0 spiro atoms. The number of carbonyl (C=O) groups is 1. The number of hydrogen-bond donors (Lipinski definition) is 4. The van der Waals surface area contributed by atoms with Crippen LogP contribution < -0.4 is 10.6 Å². The third kappa shape index (κ3) is 2.12. The van der Waals surface area contributed by atoms with Crippen LogP contribution in [0.5, 0.6) is 0 Å². The van der Waals surface area contributed by atoms with Crippen LogP contribution in [0.2, 0.25) is 0 Å². The van der Waals surface area contributed by atoms with Crippen LogP contribution in [0.1, 0.15) is 12.8 Å². The number of rotatable bonds is 4. The monoisotopic (exact) mass is 245 g/mol. The van der Waals surface area contributed by atoms with Gasteiger partial charge in [-0.1, -0.05) is 11.6 Å². The molecule has 4 N–H and O–H groups in total. The average molecular weight is 246 g/mol. The number of nitrogens with one attached hydrogen (secondary N) is 2. The molecule has 0 aromatic rings. The zero-order chi connectivity index (χ0) is 11.8. The van der Waals surface area contributed by atoms with Crippen LogP contribution in [-0.4, -0.2) is 39.5 Å². The van der Waals surface area contributed by atoms with Crippen LogP contribution >= 0.6 is 11.6 Å². The second-order valence-electron chi connectivity index (χ2n) is 3.93. The summed E-state index contributed by atoms with van der Waals surface area (Å²) >= 11 is 5.80. The number of carboxylic acids is 1. The molecule has 1 saturated carbocycles. The Bertz CT molecular complexity index is 376. The summed E-state index contributed by atoms with van der Waals surface area (Å²) < 4.78 is 0. The van der Waals surface area contributed by atoms with E-state index in [-0.39, 0.29) is 17.9 Å². The quantitative estimate of drug-likeness (QED) is 0.399. The van der Waals surface area contributed by atoms with Crippen LogP contribution in [0.25, 0.3) is 0 Å². The normalized spacial score (nSPS) is 26.2. The van der Waals surface area contributed by atoms with Gasteiger partial charge in [-0.3, -0.25) is 0 Å². The maximum Gasteiger partial charge on any atom is 0.353 e. The minimum atomic E-state index is -1.15. The van der Waals surface area contributed by atoms with Gasteiger partial charge in [-0.15, -0.1) is 0 Å². The van der Waals surface area contributed by atoms with Gasteiger partial charge in [0, 0.05) is 0 Å². The molecule has 16 heavy (non-hydrogen) atoms. The number of hydrogen-bond acceptors (Lipinski definition) is 5. The minimum Gasteiger partial charge on any atom is -0.477 e. The minimum absolute atomic E-state index is 0.0362. The lowest BCUT2D eigenvalue weighted by molar-refractivity contribution is -0.129. The van der Waals surface area contributed by atoms with Crippen LogP contribution in [-0.2, 0) is 4.79 Å². The molecule has 0 radical (unpaired) electrons. The number of aliphatic hydroxyl groups excluding tert-OH is 1. The Morgan fingerprint density at radius 3 is 2.88 bits per heavy atom. The topological polar surface area (TPSA) is 94.0 Å². The van der Waals surface area contributed by atoms with E-state index in [2.05, 4.69) is 15.6 Å². The first kappa shape index (κ1) is 11.2. The lowest BCUT2D eigenvalue weighted by Gasteiger charge is -2.24. The largest absolute Gasteiger partial charge is 0.477 e. The summed E-state index contributed by atoms with van der Waals surface area (Å²) in [5, 5.41) is 23.7. The van der Waals surface area contributed by atoms with Crippen LogP contribution in [0, 0.1) is 0 Å². The maximum atomic E-state index is 10.7. The second-order valence-corrected chi connectivity index (χ2v) is 4.37. The van der Waals surface area contributed by atoms with E-state index in [1.165, 1.54) is 6.20 Å². The molecule has 2 aliphatic rings. The van der Waals surface area contributed by atoms with E-state index in [0.717, 1.165) is 12.8 Å². The summed E-state index contributed by atoms with van der Waals surface area (Å²) in [7, 11) is 0. The van der Waals surface area contributed by atoms with Crippen molar-refractivity contribution in [2.24, 2.45) is 4.99 Å². The number of aliphatic carboxylic acids is 1. The molecule has 7 heteroatoms. The number of halogens is 1. The van der Waals surface area contributed by atoms with Gasteiger partial charge in [0.2, 0.25) is 0 Å². The van der Waals surface area contributed by atoms with E-state index < -0.39 is 11.5 Å². The van der Waals surface area contributed by atoms with Crippen molar-refractivity contribution in [3.63, 3.8) is 0 Å². The van der Waals surface area contributed by atoms with Crippen molar-refractivity contribution in [2.75, 3.05) is 6.61 Å². The SMILES string of the molecule is O=C(O)C1=NC=C(NC2(CO)CC2)NC1Cl. The van der Waals surface area contributed by atoms with Crippen molar-refractivity contribution in [1.29, 1.82) is 0 Å². The molecule has 1 aliphatic heterocycles. The Hall–Kier alpha value is -1.27. The molecule has 0 aromatic heterocycles. The van der Waals surface area contributed by atoms with E-state index in [4.69, 9.17) is 21.8 Å². The summed E-state index contributed by atoms with van der Waals surface area (Å²) in [5.74, 6) is -0.609. The molecule has 1 fully saturated rings. The van der Waals surface area contributed by atoms with Gasteiger partial charge in [-0.2, -0.15) is 0 Å². The second kappa shape index (κ2) is 3.95. The van der Waals surface area contributed by atoms with Gasteiger partial charge >= 0.3 is 5.97 Å². The van der Waals surface area contributed by atoms with Crippen LogP contribution in [0.15, 0.2) is 17.0 Å². The van der Waals surface area contributed by atoms with E-state index in [1.54, 1.807) is 0 Å². The van der Waals surface area contributed by atoms with Gasteiger partial charge in [0.1, 0.15) is 5.82 Å². The van der Waals surface area contributed by atoms with E-state index in [0.29, 0.717) is 5.82 Å². The van der Waals surface area contributed by atoms with Crippen molar-refractivity contribution in [1.82, 2.24) is 10.6 Å². The standard InChI is InChI=1S/C9H12ClN3O3/c10-7-6(8(15)16)11-3-5(12-7)13-9(4-14)1-2-9/h3,7,12-14H,1-2,4H2,(H,15,16). The first-order chi connectivity index (χ1) is 7.56. The third-order valence-corrected chi connectivity index (χ3v) is 2.95. The number of nitrogens with zero attached hydrogens (tertiary/aromatic N) is 1. The van der Waals surface area contributed by atoms with E-state index in [1.807, 2.05) is 0 Å². The summed E-state index contributed by atoms with van der Waals surface area (Å²) in [6.07, 6.45) is 3.13. The highest BCUT2D eigenvalue weighted by Gasteiger charge is 2.43. The molecular formula is C9H12ClN3O3. The molecule has 6 nitrogen and oxygen atoms in total. The van der Waals surface area contributed by atoms with Crippen molar-refractivity contribution < 1.29 is 15.0 Å². The molecule has 1 heterocycles. The van der Waals surface area contributed by atoms with Gasteiger partial charge < -0.3 is 20.8 Å². The Balaban J connectivity index is 2.06. The lowest BCUT2D eigenvalue weighted by atomic mass is 10.3. The van der Waals surface area contributed by atoms with Gasteiger partial charge in [-0.05, 0) is 12.8 Å². The summed E-state index contributed by atoms with van der Waals surface area (Å²) in [5.41, 5.74) is -1.29. The van der Waals surface area contributed by atoms with Crippen molar-refractivity contribution >= 4 is 23.3 Å². The van der Waals surface area contributed by atoms with Crippen LogP contribution in [0.3, 0.4) is 0 Å². The summed E-state index contributed by atoms with van der Waals surface area (Å²) in [6.45, 7) is 0.0362. The molecule has 1 unspecified atom stereocenters. The third-order valence-electron chi connectivity index (χ3n) is 2.63. The molecule has 0 aromatic carbocycles. The summed E-state index contributed by atoms with van der Waals surface area (Å²) in [6, 6.07) is 0. The van der Waals surface area contributed by atoms with Crippen molar-refractivity contribution in [3.05, 3.63) is 12.0 Å². The molecule has 0 saturated heterocycles. The zero-order valence-corrected chi connectivity index (χ0v) is 9.16. The fraction of sp³-hybridized carbons (Fsp3) is 0.556. The lowest BCUT2D eigenvalue weighted by Crippen LogP contribution is -2.46. The molecule has 2 rings (SSSR count). The Morgan fingerprint density at radius 2 is 2.44 bits per heavy atom. The molecule has 1 atom stereocenters. The smallest absolute Gasteiger partial charge is 0.353 e. The first-order valence-corrected chi connectivity index (χ1v) is 5.31. The van der Waals surface area contributed by atoms with Crippen molar-refractivity contribution in [2.45, 2.75) is 23.9 Å². The maximum absolute atomic E-state index is 10.7. The highest BCUT2D eigenvalue weighted by molar-refractivity contribution is 6.49. The summed E-state index contributed by atoms with van der Waals surface area (Å²) in [4.78, 5) is 14.4. The molecule has 0 bridgehead atoms. The first-order valence-electron chi connectivity index (χ1n) is 4.87. The Morgan fingerprint density at radius 1 is 1.75 bits per heavy atom. The van der Waals surface area contributed by atoms with E-state index in [9.17, 15) is 4.79 Å². The van der Waals surface area contributed by atoms with Gasteiger partial charge in [0.25, 0.3) is 0 Å². The number of aliphatic hydroxyl groups is 1.